The van der Waals surface area contributed by atoms with Crippen LogP contribution in [0.1, 0.15) is 0 Å². The zero-order valence-corrected chi connectivity index (χ0v) is 34.9. The lowest BCUT2D eigenvalue weighted by atomic mass is 9.91. The minimum atomic E-state index is 0.551. The van der Waals surface area contributed by atoms with Crippen LogP contribution in [0.5, 0.6) is 11.5 Å². The van der Waals surface area contributed by atoms with Gasteiger partial charge in [0, 0.05) is 49.3 Å². The van der Waals surface area contributed by atoms with Crippen molar-refractivity contribution in [1.82, 2.24) is 24.1 Å². The molecule has 1 aliphatic heterocycles. The van der Waals surface area contributed by atoms with E-state index in [2.05, 4.69) is 173 Å². The topological polar surface area (TPSA) is 57.8 Å². The summed E-state index contributed by atoms with van der Waals surface area (Å²) in [5, 5.41) is 9.34. The van der Waals surface area contributed by atoms with Gasteiger partial charge in [0.15, 0.2) is 11.6 Å². The summed E-state index contributed by atoms with van der Waals surface area (Å²) >= 11 is 0. The number of nitrogens with zero attached hydrogens (tertiary/aromatic N) is 5. The molecule has 13 aromatic rings. The Labute approximate surface area is 372 Å². The van der Waals surface area contributed by atoms with E-state index in [0.29, 0.717) is 17.6 Å². The molecule has 6 heteroatoms. The first-order valence-corrected chi connectivity index (χ1v) is 21.9. The maximum absolute atomic E-state index is 6.62. The van der Waals surface area contributed by atoms with Gasteiger partial charge in [-0.15, -0.1) is 0 Å². The monoisotopic (exact) mass is 829 g/mol. The average Bonchev–Trinajstić information content (AvgIpc) is 3.89. The van der Waals surface area contributed by atoms with Crippen molar-refractivity contribution < 1.29 is 4.74 Å². The standard InChI is InChI=1S/C59H35N5O/c1-4-16-37(17-5-1)57-60-58(38-18-6-2-7-19-38)62-59(61-57)64-49-31-29-40(34-47(49)55-44-24-14-26-53-56(44)45(35-51(55)64)43-23-12-13-25-52(43)65-53)39-28-30-48-46(33-39)54-42-22-11-10-15-36(42)27-32-50(54)63(48)41-20-8-3-9-21-41/h1-35H. The van der Waals surface area contributed by atoms with E-state index >= 15 is 0 Å². The third-order valence-corrected chi connectivity index (χ3v) is 13.1. The molecule has 1 aliphatic rings. The van der Waals surface area contributed by atoms with Gasteiger partial charge in [-0.1, -0.05) is 152 Å². The van der Waals surface area contributed by atoms with Crippen molar-refractivity contribution in [3.63, 3.8) is 0 Å². The van der Waals surface area contributed by atoms with Crippen LogP contribution in [0, 0.1) is 0 Å². The van der Waals surface area contributed by atoms with Gasteiger partial charge in [-0.3, -0.25) is 4.57 Å². The highest BCUT2D eigenvalue weighted by molar-refractivity contribution is 6.27. The molecule has 3 aromatic heterocycles. The fourth-order valence-corrected chi connectivity index (χ4v) is 10.3. The van der Waals surface area contributed by atoms with Gasteiger partial charge in [-0.05, 0) is 93.5 Å². The minimum Gasteiger partial charge on any atom is -0.456 e. The number of rotatable bonds is 5. The third-order valence-electron chi connectivity index (χ3n) is 13.1. The molecule has 4 heterocycles. The maximum atomic E-state index is 6.62. The summed E-state index contributed by atoms with van der Waals surface area (Å²) in [5.74, 6) is 3.46. The Morgan fingerprint density at radius 1 is 0.323 bits per heavy atom. The van der Waals surface area contributed by atoms with Crippen LogP contribution in [0.25, 0.3) is 122 Å². The lowest BCUT2D eigenvalue weighted by Gasteiger charge is -2.22. The number of fused-ring (bicyclic) bond motifs is 11. The number of benzene rings is 10. The predicted octanol–water partition coefficient (Wildman–Crippen LogP) is 15.1. The number of hydrogen-bond donors (Lipinski definition) is 0. The molecule has 302 valence electrons. The van der Waals surface area contributed by atoms with Gasteiger partial charge in [0.05, 0.1) is 22.1 Å². The van der Waals surface area contributed by atoms with Crippen molar-refractivity contribution in [2.75, 3.05) is 0 Å². The number of aromatic nitrogens is 5. The summed E-state index contributed by atoms with van der Waals surface area (Å²) in [6, 6.07) is 75.0. The smallest absolute Gasteiger partial charge is 0.238 e. The predicted molar refractivity (Wildman–Crippen MR) is 265 cm³/mol. The zero-order chi connectivity index (χ0) is 42.6. The molecule has 0 amide bonds. The summed E-state index contributed by atoms with van der Waals surface area (Å²) in [6.45, 7) is 0. The van der Waals surface area contributed by atoms with E-state index in [1.165, 1.54) is 32.6 Å². The number of ether oxygens (including phenoxy) is 1. The van der Waals surface area contributed by atoms with Crippen molar-refractivity contribution in [3.05, 3.63) is 212 Å². The molecule has 6 nitrogen and oxygen atoms in total. The van der Waals surface area contributed by atoms with E-state index < -0.39 is 0 Å². The molecule has 14 rings (SSSR count). The molecule has 0 aliphatic carbocycles. The Bertz CT molecular complexity index is 4020. The van der Waals surface area contributed by atoms with Crippen LogP contribution >= 0.6 is 0 Å². The maximum Gasteiger partial charge on any atom is 0.238 e. The fourth-order valence-electron chi connectivity index (χ4n) is 10.3. The SMILES string of the molecule is c1ccc(-c2nc(-c3ccccc3)nc(-n3c4ccc(-c5ccc6c(c5)c5c7ccccc7ccc5n6-c5ccccc5)cc4c4c5cccc6c5c(cc43)-c3ccccc3O6)n2)cc1. The molecular formula is C59H35N5O. The molecule has 65 heavy (non-hydrogen) atoms. The van der Waals surface area contributed by atoms with Crippen molar-refractivity contribution in [3.8, 4) is 68.2 Å². The highest BCUT2D eigenvalue weighted by Crippen LogP contribution is 2.51. The van der Waals surface area contributed by atoms with E-state index in [0.717, 1.165) is 83.1 Å². The van der Waals surface area contributed by atoms with E-state index in [9.17, 15) is 0 Å². The Kier molecular flexibility index (Phi) is 7.59. The quantitative estimate of drug-likeness (QED) is 0.173. The zero-order valence-electron chi connectivity index (χ0n) is 34.9. The molecule has 10 aromatic carbocycles. The molecule has 0 N–H and O–H groups in total. The van der Waals surface area contributed by atoms with E-state index in [4.69, 9.17) is 19.7 Å². The van der Waals surface area contributed by atoms with Crippen LogP contribution in [0.15, 0.2) is 212 Å². The molecule has 0 atom stereocenters. The molecule has 0 unspecified atom stereocenters. The highest BCUT2D eigenvalue weighted by Gasteiger charge is 2.26. The van der Waals surface area contributed by atoms with Crippen molar-refractivity contribution in [2.45, 2.75) is 0 Å². The summed E-state index contributed by atoms with van der Waals surface area (Å²) < 4.78 is 11.3. The first-order valence-electron chi connectivity index (χ1n) is 21.9. The van der Waals surface area contributed by atoms with Crippen LogP contribution in [0.4, 0.5) is 0 Å². The van der Waals surface area contributed by atoms with Gasteiger partial charge < -0.3 is 9.30 Å². The molecule has 0 radical (unpaired) electrons. The van der Waals surface area contributed by atoms with E-state index in [1.807, 2.05) is 48.5 Å². The van der Waals surface area contributed by atoms with Crippen LogP contribution in [-0.2, 0) is 0 Å². The second kappa shape index (κ2) is 13.8. The van der Waals surface area contributed by atoms with Crippen LogP contribution < -0.4 is 4.74 Å². The van der Waals surface area contributed by atoms with Crippen LogP contribution in [-0.4, -0.2) is 24.1 Å². The molecule has 0 saturated carbocycles. The Morgan fingerprint density at radius 2 is 0.892 bits per heavy atom. The van der Waals surface area contributed by atoms with Gasteiger partial charge in [0.1, 0.15) is 11.5 Å². The summed E-state index contributed by atoms with van der Waals surface area (Å²) in [6.07, 6.45) is 0. The Morgan fingerprint density at radius 3 is 1.62 bits per heavy atom. The lowest BCUT2D eigenvalue weighted by molar-refractivity contribution is 0.487. The summed E-state index contributed by atoms with van der Waals surface area (Å²) in [7, 11) is 0. The average molecular weight is 830 g/mol. The minimum absolute atomic E-state index is 0.551. The normalized spacial score (nSPS) is 12.1. The second-order valence-electron chi connectivity index (χ2n) is 16.8. The number of hydrogen-bond acceptors (Lipinski definition) is 4. The molecule has 0 fully saturated rings. The largest absolute Gasteiger partial charge is 0.456 e. The Balaban J connectivity index is 1.07. The fraction of sp³-hybridized carbons (Fsp3) is 0. The molecule has 0 bridgehead atoms. The lowest BCUT2D eigenvalue weighted by Crippen LogP contribution is -2.06. The van der Waals surface area contributed by atoms with Gasteiger partial charge in [0.2, 0.25) is 5.95 Å². The first kappa shape index (κ1) is 35.7. The van der Waals surface area contributed by atoms with Gasteiger partial charge in [-0.25, -0.2) is 4.98 Å². The summed E-state index contributed by atoms with van der Waals surface area (Å²) in [5.41, 5.74) is 11.8. The van der Waals surface area contributed by atoms with E-state index in [1.54, 1.807) is 0 Å². The Hall–Kier alpha value is -8.87. The van der Waals surface area contributed by atoms with Crippen molar-refractivity contribution in [2.24, 2.45) is 0 Å². The van der Waals surface area contributed by atoms with Crippen molar-refractivity contribution >= 4 is 65.2 Å². The highest BCUT2D eigenvalue weighted by atomic mass is 16.5. The molecular weight excluding hydrogens is 795 g/mol. The number of para-hydroxylation sites is 2. The third kappa shape index (κ3) is 5.38. The van der Waals surface area contributed by atoms with Crippen LogP contribution in [0.2, 0.25) is 0 Å². The second-order valence-corrected chi connectivity index (χ2v) is 16.8. The van der Waals surface area contributed by atoms with Gasteiger partial charge >= 0.3 is 0 Å². The molecule has 0 saturated heterocycles. The van der Waals surface area contributed by atoms with Crippen LogP contribution in [0.3, 0.4) is 0 Å². The summed E-state index contributed by atoms with van der Waals surface area (Å²) in [4.78, 5) is 15.7. The van der Waals surface area contributed by atoms with Gasteiger partial charge in [-0.2, -0.15) is 9.97 Å². The first-order chi connectivity index (χ1) is 32.2. The van der Waals surface area contributed by atoms with E-state index in [-0.39, 0.29) is 0 Å². The molecule has 0 spiro atoms. The van der Waals surface area contributed by atoms with Gasteiger partial charge in [0.25, 0.3) is 0 Å². The van der Waals surface area contributed by atoms with Crippen molar-refractivity contribution in [1.29, 1.82) is 0 Å².